The van der Waals surface area contributed by atoms with E-state index in [0.29, 0.717) is 11.4 Å². The molecule has 0 radical (unpaired) electrons. The Kier molecular flexibility index (Phi) is 7.19. The van der Waals surface area contributed by atoms with Crippen molar-refractivity contribution in [1.82, 2.24) is 9.97 Å². The van der Waals surface area contributed by atoms with Gasteiger partial charge in [0.15, 0.2) is 0 Å². The van der Waals surface area contributed by atoms with E-state index in [0.717, 1.165) is 77.6 Å². The topological polar surface area (TPSA) is 58.5 Å². The molecule has 0 amide bonds. The average Bonchev–Trinajstić information content (AvgIpc) is 3.80. The molecule has 11 aromatic rings. The third-order valence-electron chi connectivity index (χ3n) is 10.9. The van der Waals surface area contributed by atoms with E-state index in [2.05, 4.69) is 179 Å². The van der Waals surface area contributed by atoms with Crippen LogP contribution < -0.4 is 9.80 Å². The van der Waals surface area contributed by atoms with Gasteiger partial charge in [0.25, 0.3) is 0 Å². The quantitative estimate of drug-likeness (QED) is 0.159. The van der Waals surface area contributed by atoms with Crippen molar-refractivity contribution in [2.45, 2.75) is 13.8 Å². The normalized spacial score (nSPS) is 11.8. The largest absolute Gasteiger partial charge is 0.438 e. The van der Waals surface area contributed by atoms with Crippen LogP contribution in [0.3, 0.4) is 0 Å². The summed E-state index contributed by atoms with van der Waals surface area (Å²) in [6.45, 7) is 4.23. The van der Waals surface area contributed by atoms with Gasteiger partial charge in [0.05, 0.1) is 0 Å². The summed E-state index contributed by atoms with van der Waals surface area (Å²) in [5.41, 5.74) is 11.6. The fraction of sp³-hybridized carbons (Fsp3) is 0.0400. The molecule has 0 fully saturated rings. The van der Waals surface area contributed by atoms with Gasteiger partial charge in [-0.05, 0) is 132 Å². The Bertz CT molecular complexity index is 3070. The van der Waals surface area contributed by atoms with Crippen molar-refractivity contribution >= 4 is 99.8 Å². The summed E-state index contributed by atoms with van der Waals surface area (Å²) in [7, 11) is 0. The summed E-state index contributed by atoms with van der Waals surface area (Å²) in [5.74, 6) is 0. The number of furan rings is 2. The number of rotatable bonds is 6. The molecule has 0 N–H and O–H groups in total. The molecular weight excluding hydrogens is 689 g/mol. The first kappa shape index (κ1) is 32.0. The van der Waals surface area contributed by atoms with Crippen LogP contribution in [-0.4, -0.2) is 9.97 Å². The van der Waals surface area contributed by atoms with Gasteiger partial charge in [-0.25, -0.2) is 9.97 Å². The highest BCUT2D eigenvalue weighted by molar-refractivity contribution is 6.11. The van der Waals surface area contributed by atoms with Crippen molar-refractivity contribution in [3.63, 3.8) is 0 Å². The second kappa shape index (κ2) is 12.6. The number of benzene rings is 7. The van der Waals surface area contributed by atoms with Crippen molar-refractivity contribution in [2.75, 3.05) is 9.80 Å². The van der Waals surface area contributed by atoms with E-state index >= 15 is 0 Å². The molecule has 0 spiro atoms. The van der Waals surface area contributed by atoms with Crippen LogP contribution in [0.2, 0.25) is 0 Å². The van der Waals surface area contributed by atoms with Crippen molar-refractivity contribution in [3.8, 4) is 0 Å². The lowest BCUT2D eigenvalue weighted by atomic mass is 10.00. The van der Waals surface area contributed by atoms with Crippen LogP contribution in [0, 0.1) is 13.8 Å². The number of pyridine rings is 2. The molecule has 0 saturated heterocycles. The van der Waals surface area contributed by atoms with Crippen molar-refractivity contribution in [2.24, 2.45) is 0 Å². The zero-order valence-corrected chi connectivity index (χ0v) is 30.8. The highest BCUT2D eigenvalue weighted by atomic mass is 16.3. The minimum atomic E-state index is 0.647. The average molecular weight is 723 g/mol. The van der Waals surface area contributed by atoms with Crippen LogP contribution in [0.15, 0.2) is 179 Å². The Labute approximate surface area is 322 Å². The highest BCUT2D eigenvalue weighted by Gasteiger charge is 2.19. The molecule has 0 bridgehead atoms. The molecule has 4 aromatic heterocycles. The molecule has 0 atom stereocenters. The summed E-state index contributed by atoms with van der Waals surface area (Å²) in [4.78, 5) is 13.5. The molecule has 56 heavy (non-hydrogen) atoms. The van der Waals surface area contributed by atoms with Gasteiger partial charge in [0.1, 0.15) is 11.2 Å². The summed E-state index contributed by atoms with van der Waals surface area (Å²) >= 11 is 0. The van der Waals surface area contributed by atoms with Gasteiger partial charge in [-0.15, -0.1) is 0 Å². The van der Waals surface area contributed by atoms with E-state index in [4.69, 9.17) is 8.83 Å². The molecule has 266 valence electrons. The molecule has 4 heterocycles. The van der Waals surface area contributed by atoms with Crippen molar-refractivity contribution < 1.29 is 8.83 Å². The number of anilines is 6. The van der Waals surface area contributed by atoms with E-state index in [9.17, 15) is 0 Å². The first-order valence-electron chi connectivity index (χ1n) is 18.8. The Balaban J connectivity index is 1.02. The lowest BCUT2D eigenvalue weighted by molar-refractivity contribution is 0.653. The van der Waals surface area contributed by atoms with Gasteiger partial charge in [0.2, 0.25) is 11.4 Å². The van der Waals surface area contributed by atoms with Gasteiger partial charge in [-0.3, -0.25) is 0 Å². The fourth-order valence-electron chi connectivity index (χ4n) is 8.08. The molecule has 11 rings (SSSR count). The maximum absolute atomic E-state index is 6.22. The predicted octanol–water partition coefficient (Wildman–Crippen LogP) is 14.1. The molecular formula is C50H34N4O2. The standard InChI is InChI=1S/C50H34N4O2/c1-31-7-13-35(14-8-31)53(39-19-23-43-45-5-3-25-51-49(45)55-47(43)29-39)37-17-21-41-33(27-37)11-12-34-28-38(18-22-42(34)41)54(36-15-9-32(2)10-16-36)40-20-24-44-46-6-4-26-52-50(46)56-48(44)30-40/h3-30H,1-2H3. The minimum absolute atomic E-state index is 0.647. The first-order chi connectivity index (χ1) is 27.5. The van der Waals surface area contributed by atoms with Crippen LogP contribution in [-0.2, 0) is 0 Å². The van der Waals surface area contributed by atoms with E-state index in [1.807, 2.05) is 12.1 Å². The zero-order valence-electron chi connectivity index (χ0n) is 30.8. The predicted molar refractivity (Wildman–Crippen MR) is 230 cm³/mol. The monoisotopic (exact) mass is 722 g/mol. The van der Waals surface area contributed by atoms with Gasteiger partial charge in [0, 0.05) is 80.2 Å². The Morgan fingerprint density at radius 1 is 0.357 bits per heavy atom. The lowest BCUT2D eigenvalue weighted by Gasteiger charge is -2.26. The molecule has 7 aromatic carbocycles. The maximum Gasteiger partial charge on any atom is 0.227 e. The molecule has 0 saturated carbocycles. The van der Waals surface area contributed by atoms with E-state index < -0.39 is 0 Å². The number of fused-ring (bicyclic) bond motifs is 9. The number of hydrogen-bond acceptors (Lipinski definition) is 6. The van der Waals surface area contributed by atoms with Gasteiger partial charge >= 0.3 is 0 Å². The molecule has 6 heteroatoms. The molecule has 6 nitrogen and oxygen atoms in total. The highest BCUT2D eigenvalue weighted by Crippen LogP contribution is 2.42. The first-order valence-corrected chi connectivity index (χ1v) is 18.8. The lowest BCUT2D eigenvalue weighted by Crippen LogP contribution is -2.10. The van der Waals surface area contributed by atoms with E-state index in [-0.39, 0.29) is 0 Å². The molecule has 0 aliphatic heterocycles. The van der Waals surface area contributed by atoms with Crippen molar-refractivity contribution in [1.29, 1.82) is 0 Å². The molecule has 0 aliphatic carbocycles. The van der Waals surface area contributed by atoms with Gasteiger partial charge < -0.3 is 18.6 Å². The summed E-state index contributed by atoms with van der Waals surface area (Å²) in [5, 5.41) is 8.85. The Morgan fingerprint density at radius 3 is 1.16 bits per heavy atom. The van der Waals surface area contributed by atoms with Crippen LogP contribution in [0.4, 0.5) is 34.1 Å². The van der Waals surface area contributed by atoms with E-state index in [1.54, 1.807) is 12.4 Å². The van der Waals surface area contributed by atoms with Crippen LogP contribution in [0.5, 0.6) is 0 Å². The summed E-state index contributed by atoms with van der Waals surface area (Å²) < 4.78 is 12.4. The number of aromatic nitrogens is 2. The zero-order chi connectivity index (χ0) is 37.3. The second-order valence-corrected chi connectivity index (χ2v) is 14.5. The summed E-state index contributed by atoms with van der Waals surface area (Å²) in [6, 6.07) is 56.1. The van der Waals surface area contributed by atoms with Gasteiger partial charge in [-0.1, -0.05) is 59.7 Å². The number of hydrogen-bond donors (Lipinski definition) is 0. The minimum Gasteiger partial charge on any atom is -0.438 e. The van der Waals surface area contributed by atoms with Gasteiger partial charge in [-0.2, -0.15) is 0 Å². The third kappa shape index (κ3) is 5.26. The van der Waals surface area contributed by atoms with Crippen LogP contribution in [0.25, 0.3) is 65.7 Å². The Hall–Kier alpha value is -7.44. The second-order valence-electron chi connectivity index (χ2n) is 14.5. The van der Waals surface area contributed by atoms with Crippen LogP contribution in [0.1, 0.15) is 11.1 Å². The SMILES string of the molecule is Cc1ccc(N(c2ccc3c(ccc4cc(N(c5ccc(C)cc5)c5ccc6c(c5)oc5ncccc56)ccc43)c2)c2ccc3c(c2)oc2ncccc23)cc1. The fourth-order valence-corrected chi connectivity index (χ4v) is 8.08. The maximum atomic E-state index is 6.22. The molecule has 0 unspecified atom stereocenters. The smallest absolute Gasteiger partial charge is 0.227 e. The van der Waals surface area contributed by atoms with Crippen molar-refractivity contribution in [3.05, 3.63) is 181 Å². The molecule has 0 aliphatic rings. The number of nitrogens with zero attached hydrogens (tertiary/aromatic N) is 4. The van der Waals surface area contributed by atoms with Crippen LogP contribution >= 0.6 is 0 Å². The van der Waals surface area contributed by atoms with E-state index in [1.165, 1.54) is 21.9 Å². The Morgan fingerprint density at radius 2 is 0.732 bits per heavy atom. The number of aryl methyl sites for hydroxylation is 2. The summed E-state index contributed by atoms with van der Waals surface area (Å²) in [6.07, 6.45) is 3.54. The third-order valence-corrected chi connectivity index (χ3v) is 10.9.